The summed E-state index contributed by atoms with van der Waals surface area (Å²) in [6.07, 6.45) is -1.08. The van der Waals surface area contributed by atoms with E-state index in [2.05, 4.69) is 5.32 Å². The third-order valence-electron chi connectivity index (χ3n) is 5.44. The number of nitrogens with one attached hydrogen (secondary N) is 1. The standard InChI is InChI=1S/C23H24N2O8/c1-13(22(27)24-15-4-7-18-20(9-15)32-12-31-18)33-23(28)14-8-21(26)25(11-14)17-6-5-16(29-2)10-19(17)30-3/h4-7,9-10,13-14H,8,11-12H2,1-3H3,(H,24,27)/t13-,14+/m0/s1. The number of benzene rings is 2. The maximum atomic E-state index is 12.7. The van der Waals surface area contributed by atoms with E-state index in [-0.39, 0.29) is 25.7 Å². The highest BCUT2D eigenvalue weighted by Gasteiger charge is 2.38. The van der Waals surface area contributed by atoms with Crippen molar-refractivity contribution in [2.75, 3.05) is 37.8 Å². The van der Waals surface area contributed by atoms with Crippen molar-refractivity contribution in [1.82, 2.24) is 0 Å². The van der Waals surface area contributed by atoms with E-state index in [1.54, 1.807) is 36.4 Å². The summed E-state index contributed by atoms with van der Waals surface area (Å²) in [6.45, 7) is 1.72. The molecule has 2 aromatic rings. The molecular weight excluding hydrogens is 432 g/mol. The zero-order chi connectivity index (χ0) is 23.5. The van der Waals surface area contributed by atoms with Crippen LogP contribution in [0.25, 0.3) is 0 Å². The van der Waals surface area contributed by atoms with Gasteiger partial charge in [-0.05, 0) is 31.2 Å². The fourth-order valence-electron chi connectivity index (χ4n) is 3.65. The Labute approximate surface area is 190 Å². The van der Waals surface area contributed by atoms with Gasteiger partial charge in [0, 0.05) is 30.8 Å². The van der Waals surface area contributed by atoms with E-state index in [1.807, 2.05) is 0 Å². The summed E-state index contributed by atoms with van der Waals surface area (Å²) in [5, 5.41) is 2.68. The van der Waals surface area contributed by atoms with Gasteiger partial charge in [0.1, 0.15) is 11.5 Å². The van der Waals surface area contributed by atoms with Gasteiger partial charge in [-0.2, -0.15) is 0 Å². The number of esters is 1. The molecule has 0 bridgehead atoms. The Morgan fingerprint density at radius 3 is 2.64 bits per heavy atom. The molecule has 0 radical (unpaired) electrons. The molecule has 2 heterocycles. The molecular formula is C23H24N2O8. The van der Waals surface area contributed by atoms with Crippen LogP contribution in [-0.4, -0.2) is 51.4 Å². The van der Waals surface area contributed by atoms with Crippen LogP contribution >= 0.6 is 0 Å². The van der Waals surface area contributed by atoms with Gasteiger partial charge in [-0.3, -0.25) is 14.4 Å². The molecule has 0 spiro atoms. The van der Waals surface area contributed by atoms with Crippen LogP contribution in [0.5, 0.6) is 23.0 Å². The number of hydrogen-bond acceptors (Lipinski definition) is 8. The Kier molecular flexibility index (Phi) is 6.25. The van der Waals surface area contributed by atoms with Crippen molar-refractivity contribution in [3.63, 3.8) is 0 Å². The van der Waals surface area contributed by atoms with Crippen LogP contribution in [0, 0.1) is 5.92 Å². The minimum absolute atomic E-state index is 0.0233. The number of carbonyl (C=O) groups excluding carboxylic acids is 3. The predicted molar refractivity (Wildman–Crippen MR) is 117 cm³/mol. The molecule has 0 aromatic heterocycles. The third kappa shape index (κ3) is 4.64. The van der Waals surface area contributed by atoms with E-state index in [0.29, 0.717) is 34.4 Å². The highest BCUT2D eigenvalue weighted by Crippen LogP contribution is 2.36. The second-order valence-corrected chi connectivity index (χ2v) is 7.58. The summed E-state index contributed by atoms with van der Waals surface area (Å²) >= 11 is 0. The Hall–Kier alpha value is -3.95. The minimum Gasteiger partial charge on any atom is -0.497 e. The van der Waals surface area contributed by atoms with Crippen molar-refractivity contribution in [2.24, 2.45) is 5.92 Å². The average molecular weight is 456 g/mol. The maximum Gasteiger partial charge on any atom is 0.312 e. The first kappa shape index (κ1) is 22.3. The molecule has 2 aliphatic heterocycles. The fraction of sp³-hybridized carbons (Fsp3) is 0.348. The van der Waals surface area contributed by atoms with Crippen LogP contribution in [0.2, 0.25) is 0 Å². The van der Waals surface area contributed by atoms with Crippen LogP contribution < -0.4 is 29.2 Å². The normalized spacial score (nSPS) is 17.5. The van der Waals surface area contributed by atoms with Gasteiger partial charge in [-0.1, -0.05) is 0 Å². The molecule has 10 heteroatoms. The van der Waals surface area contributed by atoms with E-state index in [0.717, 1.165) is 0 Å². The predicted octanol–water partition coefficient (Wildman–Crippen LogP) is 2.36. The SMILES string of the molecule is COc1ccc(N2C[C@H](C(=O)O[C@@H](C)C(=O)Nc3ccc4c(c3)OCO4)CC2=O)c(OC)c1. The molecule has 0 saturated carbocycles. The van der Waals surface area contributed by atoms with Gasteiger partial charge in [-0.25, -0.2) is 0 Å². The molecule has 10 nitrogen and oxygen atoms in total. The Bertz CT molecular complexity index is 1090. The molecule has 174 valence electrons. The molecule has 1 N–H and O–H groups in total. The summed E-state index contributed by atoms with van der Waals surface area (Å²) in [6, 6.07) is 10.0. The van der Waals surface area contributed by atoms with Crippen molar-refractivity contribution < 1.29 is 38.1 Å². The second kappa shape index (κ2) is 9.27. The number of methoxy groups -OCH3 is 2. The monoisotopic (exact) mass is 456 g/mol. The summed E-state index contributed by atoms with van der Waals surface area (Å²) < 4.78 is 26.4. The molecule has 33 heavy (non-hydrogen) atoms. The molecule has 2 aliphatic rings. The van der Waals surface area contributed by atoms with Gasteiger partial charge >= 0.3 is 5.97 Å². The Balaban J connectivity index is 1.36. The average Bonchev–Trinajstić information content (AvgIpc) is 3.44. The summed E-state index contributed by atoms with van der Waals surface area (Å²) in [5.41, 5.74) is 1.02. The van der Waals surface area contributed by atoms with Gasteiger partial charge < -0.3 is 33.9 Å². The Morgan fingerprint density at radius 1 is 1.09 bits per heavy atom. The Morgan fingerprint density at radius 2 is 1.88 bits per heavy atom. The highest BCUT2D eigenvalue weighted by atomic mass is 16.7. The first-order chi connectivity index (χ1) is 15.9. The topological polar surface area (TPSA) is 113 Å². The van der Waals surface area contributed by atoms with Crippen LogP contribution in [0.3, 0.4) is 0 Å². The lowest BCUT2D eigenvalue weighted by molar-refractivity contribution is -0.157. The third-order valence-corrected chi connectivity index (χ3v) is 5.44. The highest BCUT2D eigenvalue weighted by molar-refractivity contribution is 6.01. The van der Waals surface area contributed by atoms with Gasteiger partial charge in [0.15, 0.2) is 17.6 Å². The quantitative estimate of drug-likeness (QED) is 0.632. The fourth-order valence-corrected chi connectivity index (χ4v) is 3.65. The van der Waals surface area contributed by atoms with Gasteiger partial charge in [0.2, 0.25) is 12.7 Å². The maximum absolute atomic E-state index is 12.7. The zero-order valence-corrected chi connectivity index (χ0v) is 18.5. The second-order valence-electron chi connectivity index (χ2n) is 7.58. The lowest BCUT2D eigenvalue weighted by Crippen LogP contribution is -2.33. The van der Waals surface area contributed by atoms with Crippen molar-refractivity contribution in [2.45, 2.75) is 19.4 Å². The molecule has 2 aromatic carbocycles. The molecule has 2 amide bonds. The number of fused-ring (bicyclic) bond motifs is 1. The van der Waals surface area contributed by atoms with Crippen LogP contribution in [0.1, 0.15) is 13.3 Å². The van der Waals surface area contributed by atoms with Gasteiger partial charge in [0.25, 0.3) is 5.91 Å². The van der Waals surface area contributed by atoms with Crippen molar-refractivity contribution in [3.8, 4) is 23.0 Å². The van der Waals surface area contributed by atoms with E-state index in [1.165, 1.54) is 26.0 Å². The van der Waals surface area contributed by atoms with Crippen LogP contribution in [0.4, 0.5) is 11.4 Å². The smallest absolute Gasteiger partial charge is 0.312 e. The first-order valence-electron chi connectivity index (χ1n) is 10.3. The molecule has 1 saturated heterocycles. The molecule has 0 aliphatic carbocycles. The summed E-state index contributed by atoms with van der Waals surface area (Å²) in [4.78, 5) is 39.2. The van der Waals surface area contributed by atoms with Gasteiger partial charge in [0.05, 0.1) is 25.8 Å². The van der Waals surface area contributed by atoms with E-state index >= 15 is 0 Å². The number of ether oxygens (including phenoxy) is 5. The van der Waals surface area contributed by atoms with Crippen molar-refractivity contribution in [3.05, 3.63) is 36.4 Å². The van der Waals surface area contributed by atoms with E-state index in [9.17, 15) is 14.4 Å². The van der Waals surface area contributed by atoms with Crippen molar-refractivity contribution in [1.29, 1.82) is 0 Å². The molecule has 2 atom stereocenters. The van der Waals surface area contributed by atoms with Crippen LogP contribution in [-0.2, 0) is 19.1 Å². The minimum atomic E-state index is -1.05. The first-order valence-corrected chi connectivity index (χ1v) is 10.3. The summed E-state index contributed by atoms with van der Waals surface area (Å²) in [5.74, 6) is 0.0935. The van der Waals surface area contributed by atoms with Crippen molar-refractivity contribution >= 4 is 29.2 Å². The number of carbonyl (C=O) groups is 3. The van der Waals surface area contributed by atoms with Gasteiger partial charge in [-0.15, -0.1) is 0 Å². The molecule has 1 fully saturated rings. The number of amides is 2. The lowest BCUT2D eigenvalue weighted by atomic mass is 10.1. The van der Waals surface area contributed by atoms with E-state index < -0.39 is 23.9 Å². The number of nitrogens with zero attached hydrogens (tertiary/aromatic N) is 1. The zero-order valence-electron chi connectivity index (χ0n) is 18.5. The molecule has 0 unspecified atom stereocenters. The molecule has 4 rings (SSSR count). The number of rotatable bonds is 7. The number of anilines is 2. The summed E-state index contributed by atoms with van der Waals surface area (Å²) in [7, 11) is 3.02. The lowest BCUT2D eigenvalue weighted by Gasteiger charge is -2.20. The number of hydrogen-bond donors (Lipinski definition) is 1. The largest absolute Gasteiger partial charge is 0.497 e. The van der Waals surface area contributed by atoms with Crippen LogP contribution in [0.15, 0.2) is 36.4 Å². The van der Waals surface area contributed by atoms with E-state index in [4.69, 9.17) is 23.7 Å².